The van der Waals surface area contributed by atoms with E-state index in [9.17, 15) is 4.79 Å². The number of carbonyl (C=O) groups excluding carboxylic acids is 1. The number of nitrogens with zero attached hydrogens (tertiary/aromatic N) is 2. The van der Waals surface area contributed by atoms with Gasteiger partial charge in [-0.3, -0.25) is 4.79 Å². The minimum Gasteiger partial charge on any atom is -0.396 e. The molecule has 0 fully saturated rings. The fourth-order valence-corrected chi connectivity index (χ4v) is 1.82. The normalized spacial score (nSPS) is 10.8. The molecule has 0 aliphatic carbocycles. The maximum atomic E-state index is 12.0. The maximum absolute atomic E-state index is 12.0. The summed E-state index contributed by atoms with van der Waals surface area (Å²) < 4.78 is 1.38. The van der Waals surface area contributed by atoms with Crippen LogP contribution in [0.1, 0.15) is 27.4 Å². The SMILES string of the molecule is Cc1cc(CC(=O)n2nc(C)c(N)c2C)c[nH]1. The fraction of sp³-hybridized carbons (Fsp3) is 0.333. The van der Waals surface area contributed by atoms with E-state index in [1.54, 1.807) is 13.8 Å². The van der Waals surface area contributed by atoms with Crippen molar-refractivity contribution in [2.45, 2.75) is 27.2 Å². The number of nitrogens with one attached hydrogen (secondary N) is 1. The van der Waals surface area contributed by atoms with E-state index < -0.39 is 0 Å². The quantitative estimate of drug-likeness (QED) is 0.825. The Hall–Kier alpha value is -2.04. The number of nitrogens with two attached hydrogens (primary N) is 1. The van der Waals surface area contributed by atoms with Crippen LogP contribution in [0.2, 0.25) is 0 Å². The Morgan fingerprint density at radius 3 is 2.65 bits per heavy atom. The molecule has 0 saturated carbocycles. The van der Waals surface area contributed by atoms with Crippen LogP contribution in [0.3, 0.4) is 0 Å². The Morgan fingerprint density at radius 2 is 2.18 bits per heavy atom. The van der Waals surface area contributed by atoms with Crippen LogP contribution in [0.15, 0.2) is 12.3 Å². The second kappa shape index (κ2) is 4.08. The smallest absolute Gasteiger partial charge is 0.251 e. The number of anilines is 1. The summed E-state index contributed by atoms with van der Waals surface area (Å²) in [5, 5.41) is 4.14. The number of aromatic amines is 1. The van der Waals surface area contributed by atoms with Crippen LogP contribution in [-0.2, 0) is 6.42 Å². The lowest BCUT2D eigenvalue weighted by atomic mass is 10.2. The molecule has 2 aromatic heterocycles. The van der Waals surface area contributed by atoms with Crippen molar-refractivity contribution >= 4 is 11.6 Å². The zero-order chi connectivity index (χ0) is 12.6. The molecule has 2 rings (SSSR count). The number of hydrogen-bond donors (Lipinski definition) is 2. The van der Waals surface area contributed by atoms with Crippen molar-refractivity contribution in [3.05, 3.63) is 34.9 Å². The van der Waals surface area contributed by atoms with E-state index in [1.807, 2.05) is 19.2 Å². The van der Waals surface area contributed by atoms with E-state index in [2.05, 4.69) is 10.1 Å². The molecule has 0 aliphatic rings. The van der Waals surface area contributed by atoms with Crippen LogP contribution in [-0.4, -0.2) is 20.7 Å². The molecule has 17 heavy (non-hydrogen) atoms. The molecular formula is C12H16N4O. The van der Waals surface area contributed by atoms with E-state index in [0.29, 0.717) is 23.5 Å². The Kier molecular flexibility index (Phi) is 2.75. The monoisotopic (exact) mass is 232 g/mol. The van der Waals surface area contributed by atoms with Gasteiger partial charge >= 0.3 is 0 Å². The van der Waals surface area contributed by atoms with Crippen molar-refractivity contribution in [2.75, 3.05) is 5.73 Å². The molecule has 0 atom stereocenters. The summed E-state index contributed by atoms with van der Waals surface area (Å²) in [5.74, 6) is -0.0682. The highest BCUT2D eigenvalue weighted by Gasteiger charge is 2.15. The molecular weight excluding hydrogens is 216 g/mol. The van der Waals surface area contributed by atoms with Crippen LogP contribution in [0.4, 0.5) is 5.69 Å². The third kappa shape index (κ3) is 2.08. The third-order valence-corrected chi connectivity index (χ3v) is 2.83. The standard InChI is InChI=1S/C12H16N4O/c1-7-4-10(6-14-7)5-11(17)16-9(3)12(13)8(2)15-16/h4,6,14H,5,13H2,1-3H3. The molecule has 0 radical (unpaired) electrons. The number of rotatable bonds is 2. The predicted octanol–water partition coefficient (Wildman–Crippen LogP) is 1.60. The molecule has 0 spiro atoms. The zero-order valence-electron chi connectivity index (χ0n) is 10.2. The van der Waals surface area contributed by atoms with Crippen LogP contribution in [0, 0.1) is 20.8 Å². The first-order valence-corrected chi connectivity index (χ1v) is 5.48. The average molecular weight is 232 g/mol. The molecule has 0 saturated heterocycles. The van der Waals surface area contributed by atoms with E-state index >= 15 is 0 Å². The van der Waals surface area contributed by atoms with Gasteiger partial charge in [0.2, 0.25) is 0 Å². The van der Waals surface area contributed by atoms with Gasteiger partial charge in [-0.05, 0) is 32.4 Å². The highest BCUT2D eigenvalue weighted by atomic mass is 16.2. The Balaban J connectivity index is 2.23. The van der Waals surface area contributed by atoms with E-state index in [0.717, 1.165) is 11.3 Å². The van der Waals surface area contributed by atoms with E-state index in [-0.39, 0.29) is 5.91 Å². The number of H-pyrrole nitrogens is 1. The summed E-state index contributed by atoms with van der Waals surface area (Å²) in [6, 6.07) is 1.95. The predicted molar refractivity (Wildman–Crippen MR) is 66.0 cm³/mol. The van der Waals surface area contributed by atoms with Gasteiger partial charge < -0.3 is 10.7 Å². The largest absolute Gasteiger partial charge is 0.396 e. The van der Waals surface area contributed by atoms with Gasteiger partial charge in [-0.15, -0.1) is 0 Å². The number of hydrogen-bond acceptors (Lipinski definition) is 3. The van der Waals surface area contributed by atoms with Gasteiger partial charge in [-0.25, -0.2) is 4.68 Å². The lowest BCUT2D eigenvalue weighted by molar-refractivity contribution is 0.0895. The summed E-state index contributed by atoms with van der Waals surface area (Å²) in [4.78, 5) is 15.1. The minimum atomic E-state index is -0.0682. The number of carbonyl (C=O) groups is 1. The highest BCUT2D eigenvalue weighted by Crippen LogP contribution is 2.15. The lowest BCUT2D eigenvalue weighted by Gasteiger charge is -2.01. The van der Waals surface area contributed by atoms with Gasteiger partial charge in [-0.1, -0.05) is 0 Å². The van der Waals surface area contributed by atoms with E-state index in [1.165, 1.54) is 4.68 Å². The van der Waals surface area contributed by atoms with Crippen molar-refractivity contribution in [2.24, 2.45) is 0 Å². The van der Waals surface area contributed by atoms with Crippen LogP contribution >= 0.6 is 0 Å². The van der Waals surface area contributed by atoms with Gasteiger partial charge in [0, 0.05) is 11.9 Å². The number of aryl methyl sites for hydroxylation is 2. The zero-order valence-corrected chi connectivity index (χ0v) is 10.2. The second-order valence-electron chi connectivity index (χ2n) is 4.26. The van der Waals surface area contributed by atoms with E-state index in [4.69, 9.17) is 5.73 Å². The average Bonchev–Trinajstić information content (AvgIpc) is 2.78. The molecule has 0 aromatic carbocycles. The summed E-state index contributed by atoms with van der Waals surface area (Å²) in [7, 11) is 0. The molecule has 2 heterocycles. The van der Waals surface area contributed by atoms with Crippen molar-refractivity contribution in [1.82, 2.24) is 14.8 Å². The highest BCUT2D eigenvalue weighted by molar-refractivity contribution is 5.82. The molecule has 0 aliphatic heterocycles. The molecule has 3 N–H and O–H groups in total. The maximum Gasteiger partial charge on any atom is 0.251 e. The fourth-order valence-electron chi connectivity index (χ4n) is 1.82. The van der Waals surface area contributed by atoms with Gasteiger partial charge in [-0.2, -0.15) is 5.10 Å². The number of aromatic nitrogens is 3. The molecule has 5 nitrogen and oxygen atoms in total. The summed E-state index contributed by atoms with van der Waals surface area (Å²) in [6.45, 7) is 5.55. The molecule has 2 aromatic rings. The van der Waals surface area contributed by atoms with Crippen molar-refractivity contribution in [1.29, 1.82) is 0 Å². The molecule has 0 amide bonds. The van der Waals surface area contributed by atoms with Crippen molar-refractivity contribution in [3.8, 4) is 0 Å². The third-order valence-electron chi connectivity index (χ3n) is 2.83. The first-order valence-electron chi connectivity index (χ1n) is 5.48. The molecule has 0 unspecified atom stereocenters. The Bertz CT molecular complexity index is 565. The van der Waals surface area contributed by atoms with Crippen LogP contribution in [0.5, 0.6) is 0 Å². The summed E-state index contributed by atoms with van der Waals surface area (Å²) in [5.41, 5.74) is 9.79. The first kappa shape index (κ1) is 11.4. The molecule has 0 bridgehead atoms. The van der Waals surface area contributed by atoms with Crippen LogP contribution in [0.25, 0.3) is 0 Å². The number of nitrogen functional groups attached to an aromatic ring is 1. The Morgan fingerprint density at radius 1 is 1.47 bits per heavy atom. The van der Waals surface area contributed by atoms with Crippen molar-refractivity contribution in [3.63, 3.8) is 0 Å². The van der Waals surface area contributed by atoms with Gasteiger partial charge in [0.15, 0.2) is 0 Å². The Labute approximate surface area is 99.6 Å². The van der Waals surface area contributed by atoms with Gasteiger partial charge in [0.25, 0.3) is 5.91 Å². The molecule has 5 heteroatoms. The topological polar surface area (TPSA) is 76.7 Å². The second-order valence-corrected chi connectivity index (χ2v) is 4.26. The van der Waals surface area contributed by atoms with Gasteiger partial charge in [0.1, 0.15) is 0 Å². The summed E-state index contributed by atoms with van der Waals surface area (Å²) in [6.07, 6.45) is 2.16. The molecule has 90 valence electrons. The lowest BCUT2D eigenvalue weighted by Crippen LogP contribution is -2.16. The van der Waals surface area contributed by atoms with Crippen molar-refractivity contribution < 1.29 is 4.79 Å². The minimum absolute atomic E-state index is 0.0682. The van der Waals surface area contributed by atoms with Crippen LogP contribution < -0.4 is 5.73 Å². The summed E-state index contributed by atoms with van der Waals surface area (Å²) >= 11 is 0. The van der Waals surface area contributed by atoms with Gasteiger partial charge in [0.05, 0.1) is 23.5 Å². The first-order chi connectivity index (χ1) is 7.99.